The first-order chi connectivity index (χ1) is 8.55. The Morgan fingerprint density at radius 2 is 1.84 bits per heavy atom. The third kappa shape index (κ3) is 6.37. The highest BCUT2D eigenvalue weighted by Crippen LogP contribution is 2.16. The fourth-order valence-electron chi connectivity index (χ4n) is 1.28. The van der Waals surface area contributed by atoms with Gasteiger partial charge in [0.2, 0.25) is 0 Å². The molecule has 0 atom stereocenters. The number of hydrogen-bond donors (Lipinski definition) is 1. The number of thiazole rings is 1. The molecule has 0 radical (unpaired) electrons. The monoisotopic (exact) mass is 309 g/mol. The van der Waals surface area contributed by atoms with Crippen molar-refractivity contribution in [1.82, 2.24) is 9.88 Å². The lowest BCUT2D eigenvalue weighted by molar-refractivity contribution is -0.145. The maximum absolute atomic E-state index is 11.2. The molecule has 0 unspecified atom stereocenters. The number of nitrogen functional groups attached to an aromatic ring is 1. The third-order valence-electron chi connectivity index (χ3n) is 2.11. The van der Waals surface area contributed by atoms with E-state index in [0.29, 0.717) is 11.7 Å². The average Bonchev–Trinajstić information content (AvgIpc) is 2.74. The summed E-state index contributed by atoms with van der Waals surface area (Å²) in [5.41, 5.74) is 5.51. The minimum Gasteiger partial charge on any atom is -0.468 e. The predicted octanol–water partition coefficient (Wildman–Crippen LogP) is 0.295. The molecule has 7 nitrogen and oxygen atoms in total. The lowest BCUT2D eigenvalue weighted by Crippen LogP contribution is -2.34. The smallest absolute Gasteiger partial charge is 0.319 e. The van der Waals surface area contributed by atoms with E-state index < -0.39 is 11.9 Å². The van der Waals surface area contributed by atoms with Crippen molar-refractivity contribution >= 4 is 40.8 Å². The summed E-state index contributed by atoms with van der Waals surface area (Å²) in [7, 11) is 2.59. The van der Waals surface area contributed by atoms with Crippen LogP contribution in [0.3, 0.4) is 0 Å². The topological polar surface area (TPSA) is 94.8 Å². The number of esters is 2. The van der Waals surface area contributed by atoms with E-state index in [1.54, 1.807) is 11.1 Å². The van der Waals surface area contributed by atoms with Gasteiger partial charge in [0.25, 0.3) is 0 Å². The van der Waals surface area contributed by atoms with Crippen LogP contribution in [0.2, 0.25) is 0 Å². The van der Waals surface area contributed by atoms with Crippen LogP contribution in [0.1, 0.15) is 4.88 Å². The number of ether oxygens (including phenoxy) is 2. The number of methoxy groups -OCH3 is 2. The molecule has 19 heavy (non-hydrogen) atoms. The molecule has 0 aliphatic heterocycles. The standard InChI is InChI=1S/C10H15N3O4S.ClH/c1-16-8(14)5-13(6-9(15)17-2)4-7-3-12-10(11)18-7;/h3H,4-6H2,1-2H3,(H2,11,12);1H. The number of carbonyl (C=O) groups excluding carboxylic acids is 2. The molecule has 9 heteroatoms. The number of rotatable bonds is 6. The zero-order valence-electron chi connectivity index (χ0n) is 10.6. The Hall–Kier alpha value is -1.38. The van der Waals surface area contributed by atoms with E-state index in [0.717, 1.165) is 4.88 Å². The van der Waals surface area contributed by atoms with E-state index >= 15 is 0 Å². The van der Waals surface area contributed by atoms with Gasteiger partial charge in [-0.05, 0) is 0 Å². The van der Waals surface area contributed by atoms with Gasteiger partial charge in [0.15, 0.2) is 5.13 Å². The van der Waals surface area contributed by atoms with Crippen LogP contribution in [-0.4, -0.2) is 49.1 Å². The van der Waals surface area contributed by atoms with Crippen LogP contribution in [0.15, 0.2) is 6.20 Å². The summed E-state index contributed by atoms with van der Waals surface area (Å²) in [6.07, 6.45) is 1.61. The number of carbonyl (C=O) groups is 2. The van der Waals surface area contributed by atoms with Gasteiger partial charge < -0.3 is 15.2 Å². The van der Waals surface area contributed by atoms with Crippen molar-refractivity contribution in [2.75, 3.05) is 33.0 Å². The lowest BCUT2D eigenvalue weighted by Gasteiger charge is -2.18. The van der Waals surface area contributed by atoms with E-state index in [-0.39, 0.29) is 25.5 Å². The predicted molar refractivity (Wildman–Crippen MR) is 73.1 cm³/mol. The molecule has 0 saturated carbocycles. The van der Waals surface area contributed by atoms with Gasteiger partial charge in [0, 0.05) is 17.6 Å². The largest absolute Gasteiger partial charge is 0.468 e. The summed E-state index contributed by atoms with van der Waals surface area (Å²) in [6.45, 7) is 0.395. The number of nitrogens with zero attached hydrogens (tertiary/aromatic N) is 2. The Kier molecular flexibility index (Phi) is 8.05. The van der Waals surface area contributed by atoms with Gasteiger partial charge in [-0.2, -0.15) is 0 Å². The highest BCUT2D eigenvalue weighted by Gasteiger charge is 2.16. The summed E-state index contributed by atoms with van der Waals surface area (Å²) in [5.74, 6) is -0.840. The summed E-state index contributed by atoms with van der Waals surface area (Å²) in [6, 6.07) is 0. The third-order valence-corrected chi connectivity index (χ3v) is 2.92. The number of anilines is 1. The van der Waals surface area contributed by atoms with Crippen LogP contribution in [-0.2, 0) is 25.6 Å². The van der Waals surface area contributed by atoms with Gasteiger partial charge in [-0.15, -0.1) is 23.7 Å². The van der Waals surface area contributed by atoms with Crippen molar-refractivity contribution in [3.8, 4) is 0 Å². The van der Waals surface area contributed by atoms with Crippen molar-refractivity contribution in [3.05, 3.63) is 11.1 Å². The molecule has 108 valence electrons. The second-order valence-corrected chi connectivity index (χ2v) is 4.61. The molecule has 1 heterocycles. The average molecular weight is 310 g/mol. The van der Waals surface area contributed by atoms with E-state index in [1.807, 2.05) is 0 Å². The second-order valence-electron chi connectivity index (χ2n) is 3.46. The van der Waals surface area contributed by atoms with Crippen molar-refractivity contribution in [3.63, 3.8) is 0 Å². The summed E-state index contributed by atoms with van der Waals surface area (Å²) in [4.78, 5) is 28.8. The molecule has 2 N–H and O–H groups in total. The van der Waals surface area contributed by atoms with Gasteiger partial charge in [0.05, 0.1) is 27.3 Å². The van der Waals surface area contributed by atoms with Crippen LogP contribution < -0.4 is 5.73 Å². The quantitative estimate of drug-likeness (QED) is 0.755. The molecule has 1 aromatic heterocycles. The van der Waals surface area contributed by atoms with Gasteiger partial charge in [0.1, 0.15) is 0 Å². The van der Waals surface area contributed by atoms with Crippen molar-refractivity contribution in [1.29, 1.82) is 0 Å². The molecule has 0 aliphatic carbocycles. The van der Waals surface area contributed by atoms with Crippen molar-refractivity contribution < 1.29 is 19.1 Å². The Labute approximate surface area is 121 Å². The molecule has 0 aliphatic rings. The Morgan fingerprint density at radius 1 is 1.32 bits per heavy atom. The normalized spacial score (nSPS) is 9.84. The minimum absolute atomic E-state index is 0. The van der Waals surface area contributed by atoms with Crippen molar-refractivity contribution in [2.45, 2.75) is 6.54 Å². The molecule has 1 aromatic rings. The fraction of sp³-hybridized carbons (Fsp3) is 0.500. The first-order valence-electron chi connectivity index (χ1n) is 5.11. The van der Waals surface area contributed by atoms with Gasteiger partial charge in [-0.1, -0.05) is 0 Å². The summed E-state index contributed by atoms with van der Waals surface area (Å²) >= 11 is 1.31. The lowest BCUT2D eigenvalue weighted by atomic mass is 10.4. The number of halogens is 1. The molecule has 0 saturated heterocycles. The molecule has 1 rings (SSSR count). The van der Waals surface area contributed by atoms with Gasteiger partial charge >= 0.3 is 11.9 Å². The number of aromatic nitrogens is 1. The molecule has 0 amide bonds. The number of nitrogens with two attached hydrogens (primary N) is 1. The van der Waals surface area contributed by atoms with E-state index in [9.17, 15) is 9.59 Å². The molecule has 0 bridgehead atoms. The maximum atomic E-state index is 11.2. The SMILES string of the molecule is COC(=O)CN(CC(=O)OC)Cc1cnc(N)s1.Cl. The van der Waals surface area contributed by atoms with Gasteiger partial charge in [-0.25, -0.2) is 4.98 Å². The first kappa shape index (κ1) is 17.6. The molecule has 0 aromatic carbocycles. The summed E-state index contributed by atoms with van der Waals surface area (Å²) < 4.78 is 9.14. The van der Waals surface area contributed by atoms with E-state index in [2.05, 4.69) is 14.5 Å². The molecular weight excluding hydrogens is 294 g/mol. The van der Waals surface area contributed by atoms with Crippen LogP contribution in [0.5, 0.6) is 0 Å². The van der Waals surface area contributed by atoms with Crippen molar-refractivity contribution in [2.24, 2.45) is 0 Å². The molecule has 0 spiro atoms. The summed E-state index contributed by atoms with van der Waals surface area (Å²) in [5, 5.41) is 0.445. The van der Waals surface area contributed by atoms with Crippen LogP contribution in [0, 0.1) is 0 Å². The zero-order chi connectivity index (χ0) is 13.5. The van der Waals surface area contributed by atoms with E-state index in [4.69, 9.17) is 5.73 Å². The Morgan fingerprint density at radius 3 is 2.21 bits per heavy atom. The fourth-order valence-corrected chi connectivity index (χ4v) is 2.00. The zero-order valence-corrected chi connectivity index (χ0v) is 12.3. The first-order valence-corrected chi connectivity index (χ1v) is 5.93. The van der Waals surface area contributed by atoms with Crippen LogP contribution >= 0.6 is 23.7 Å². The van der Waals surface area contributed by atoms with Crippen LogP contribution in [0.4, 0.5) is 5.13 Å². The number of hydrogen-bond acceptors (Lipinski definition) is 8. The molecule has 0 fully saturated rings. The maximum Gasteiger partial charge on any atom is 0.319 e. The Bertz CT molecular complexity index is 409. The molecular formula is C10H16ClN3O4S. The second kappa shape index (κ2) is 8.68. The Balaban J connectivity index is 0.00000324. The minimum atomic E-state index is -0.420. The van der Waals surface area contributed by atoms with E-state index in [1.165, 1.54) is 25.6 Å². The van der Waals surface area contributed by atoms with Gasteiger partial charge in [-0.3, -0.25) is 14.5 Å². The highest BCUT2D eigenvalue weighted by atomic mass is 35.5. The highest BCUT2D eigenvalue weighted by molar-refractivity contribution is 7.15. The van der Waals surface area contributed by atoms with Crippen LogP contribution in [0.25, 0.3) is 0 Å².